The summed E-state index contributed by atoms with van der Waals surface area (Å²) < 4.78 is 4.99. The van der Waals surface area contributed by atoms with Crippen LogP contribution in [0.25, 0.3) is 6.08 Å². The molecule has 0 saturated heterocycles. The minimum absolute atomic E-state index is 0.0420. The number of hydrogen-bond acceptors (Lipinski definition) is 4. The predicted octanol–water partition coefficient (Wildman–Crippen LogP) is 2.29. The quantitative estimate of drug-likeness (QED) is 0.655. The summed E-state index contributed by atoms with van der Waals surface area (Å²) in [6, 6.07) is 9.63. The summed E-state index contributed by atoms with van der Waals surface area (Å²) in [7, 11) is 0. The number of rotatable bonds is 7. The van der Waals surface area contributed by atoms with Gasteiger partial charge in [-0.3, -0.25) is 14.4 Å². The average Bonchev–Trinajstić information content (AvgIpc) is 3.10. The van der Waals surface area contributed by atoms with Gasteiger partial charge >= 0.3 is 5.97 Å². The number of hydrogen-bond donors (Lipinski definition) is 3. The minimum atomic E-state index is -1.04. The number of furan rings is 1. The molecular formula is C17H15ClN2O5. The number of amides is 2. The molecule has 130 valence electrons. The molecule has 2 amide bonds. The number of nitrogens with one attached hydrogen (secondary N) is 2. The number of carboxylic acids is 1. The topological polar surface area (TPSA) is 109 Å². The van der Waals surface area contributed by atoms with E-state index in [1.807, 2.05) is 0 Å². The highest BCUT2D eigenvalue weighted by Gasteiger charge is 2.16. The SMILES string of the molecule is O=C(O)CCNC(=O)/C(=C/c1ccc(Cl)cc1)NC(=O)c1ccco1. The van der Waals surface area contributed by atoms with Crippen LogP contribution in [0.1, 0.15) is 22.5 Å². The van der Waals surface area contributed by atoms with Crippen molar-refractivity contribution >= 4 is 35.5 Å². The van der Waals surface area contributed by atoms with Crippen molar-refractivity contribution in [2.45, 2.75) is 6.42 Å². The first-order valence-electron chi connectivity index (χ1n) is 7.28. The Labute approximate surface area is 148 Å². The van der Waals surface area contributed by atoms with E-state index >= 15 is 0 Å². The predicted molar refractivity (Wildman–Crippen MR) is 90.9 cm³/mol. The Morgan fingerprint density at radius 1 is 1.16 bits per heavy atom. The van der Waals surface area contributed by atoms with Crippen molar-refractivity contribution in [2.75, 3.05) is 6.54 Å². The Balaban J connectivity index is 2.17. The van der Waals surface area contributed by atoms with Crippen LogP contribution in [0, 0.1) is 0 Å². The molecule has 0 atom stereocenters. The van der Waals surface area contributed by atoms with E-state index in [1.54, 1.807) is 30.3 Å². The van der Waals surface area contributed by atoms with Crippen LogP contribution in [-0.2, 0) is 9.59 Å². The molecule has 25 heavy (non-hydrogen) atoms. The van der Waals surface area contributed by atoms with Crippen LogP contribution in [-0.4, -0.2) is 29.4 Å². The lowest BCUT2D eigenvalue weighted by Gasteiger charge is -2.10. The summed E-state index contributed by atoms with van der Waals surface area (Å²) in [5.74, 6) is -2.21. The van der Waals surface area contributed by atoms with Crippen LogP contribution in [0.2, 0.25) is 5.02 Å². The van der Waals surface area contributed by atoms with Crippen LogP contribution in [0.15, 0.2) is 52.8 Å². The molecule has 0 saturated carbocycles. The van der Waals surface area contributed by atoms with E-state index in [-0.39, 0.29) is 24.4 Å². The van der Waals surface area contributed by atoms with Crippen molar-refractivity contribution in [1.82, 2.24) is 10.6 Å². The fraction of sp³-hybridized carbons (Fsp3) is 0.118. The summed E-state index contributed by atoms with van der Waals surface area (Å²) in [5, 5.41) is 14.1. The standard InChI is InChI=1S/C17H15ClN2O5/c18-12-5-3-11(4-6-12)10-13(16(23)19-8-7-15(21)22)20-17(24)14-2-1-9-25-14/h1-6,9-10H,7-8H2,(H,19,23)(H,20,24)(H,21,22)/b13-10-. The first-order chi connectivity index (χ1) is 12.0. The van der Waals surface area contributed by atoms with Crippen LogP contribution in [0.5, 0.6) is 0 Å². The fourth-order valence-electron chi connectivity index (χ4n) is 1.85. The molecule has 0 aliphatic carbocycles. The van der Waals surface area contributed by atoms with Gasteiger partial charge in [-0.05, 0) is 35.9 Å². The Morgan fingerprint density at radius 3 is 2.48 bits per heavy atom. The second kappa shape index (κ2) is 8.70. The van der Waals surface area contributed by atoms with Crippen LogP contribution < -0.4 is 10.6 Å². The molecule has 1 aromatic heterocycles. The van der Waals surface area contributed by atoms with Crippen molar-refractivity contribution in [2.24, 2.45) is 0 Å². The molecule has 0 fully saturated rings. The second-order valence-corrected chi connectivity index (χ2v) is 5.38. The maximum absolute atomic E-state index is 12.3. The molecular weight excluding hydrogens is 348 g/mol. The zero-order valence-electron chi connectivity index (χ0n) is 13.0. The van der Waals surface area contributed by atoms with Crippen molar-refractivity contribution in [3.8, 4) is 0 Å². The molecule has 1 heterocycles. The smallest absolute Gasteiger partial charge is 0.305 e. The lowest BCUT2D eigenvalue weighted by molar-refractivity contribution is -0.136. The third kappa shape index (κ3) is 5.82. The van der Waals surface area contributed by atoms with Gasteiger partial charge in [-0.15, -0.1) is 0 Å². The number of carbonyl (C=O) groups excluding carboxylic acids is 2. The van der Waals surface area contributed by atoms with Crippen LogP contribution in [0.4, 0.5) is 0 Å². The third-order valence-corrected chi connectivity index (χ3v) is 3.30. The van der Waals surface area contributed by atoms with E-state index in [0.717, 1.165) is 0 Å². The maximum atomic E-state index is 12.3. The Morgan fingerprint density at radius 2 is 1.88 bits per heavy atom. The summed E-state index contributed by atoms with van der Waals surface area (Å²) in [6.45, 7) is -0.0667. The van der Waals surface area contributed by atoms with Gasteiger partial charge in [0, 0.05) is 11.6 Å². The molecule has 0 aliphatic rings. The summed E-state index contributed by atoms with van der Waals surface area (Å²) in [5.41, 5.74) is 0.585. The van der Waals surface area contributed by atoms with E-state index in [2.05, 4.69) is 10.6 Å². The molecule has 0 aliphatic heterocycles. The number of carbonyl (C=O) groups is 3. The van der Waals surface area contributed by atoms with E-state index < -0.39 is 17.8 Å². The van der Waals surface area contributed by atoms with Crippen molar-refractivity contribution in [3.63, 3.8) is 0 Å². The van der Waals surface area contributed by atoms with Gasteiger partial charge in [0.2, 0.25) is 0 Å². The molecule has 0 spiro atoms. The van der Waals surface area contributed by atoms with Crippen LogP contribution in [0.3, 0.4) is 0 Å². The summed E-state index contributed by atoms with van der Waals surface area (Å²) in [4.78, 5) is 34.9. The number of benzene rings is 1. The summed E-state index contributed by atoms with van der Waals surface area (Å²) >= 11 is 5.82. The third-order valence-electron chi connectivity index (χ3n) is 3.04. The zero-order valence-corrected chi connectivity index (χ0v) is 13.7. The zero-order chi connectivity index (χ0) is 18.2. The van der Waals surface area contributed by atoms with E-state index in [0.29, 0.717) is 10.6 Å². The first kappa shape index (κ1) is 18.3. The average molecular weight is 363 g/mol. The minimum Gasteiger partial charge on any atom is -0.481 e. The molecule has 8 heteroatoms. The Hall–Kier alpha value is -3.06. The molecule has 2 rings (SSSR count). The first-order valence-corrected chi connectivity index (χ1v) is 7.65. The maximum Gasteiger partial charge on any atom is 0.305 e. The van der Waals surface area contributed by atoms with Crippen molar-refractivity contribution < 1.29 is 23.9 Å². The monoisotopic (exact) mass is 362 g/mol. The normalized spacial score (nSPS) is 11.0. The molecule has 3 N–H and O–H groups in total. The van der Waals surface area contributed by atoms with Gasteiger partial charge in [0.05, 0.1) is 12.7 Å². The highest BCUT2D eigenvalue weighted by atomic mass is 35.5. The fourth-order valence-corrected chi connectivity index (χ4v) is 1.98. The second-order valence-electron chi connectivity index (χ2n) is 4.94. The van der Waals surface area contributed by atoms with Crippen LogP contribution >= 0.6 is 11.6 Å². The number of halogens is 1. The molecule has 2 aromatic rings. The highest BCUT2D eigenvalue weighted by Crippen LogP contribution is 2.12. The van der Waals surface area contributed by atoms with Crippen molar-refractivity contribution in [1.29, 1.82) is 0 Å². The largest absolute Gasteiger partial charge is 0.481 e. The van der Waals surface area contributed by atoms with E-state index in [9.17, 15) is 14.4 Å². The van der Waals surface area contributed by atoms with Gasteiger partial charge in [-0.25, -0.2) is 0 Å². The van der Waals surface area contributed by atoms with E-state index in [4.69, 9.17) is 21.1 Å². The van der Waals surface area contributed by atoms with Gasteiger partial charge in [-0.1, -0.05) is 23.7 Å². The van der Waals surface area contributed by atoms with Gasteiger partial charge < -0.3 is 20.2 Å². The molecule has 1 aromatic carbocycles. The lowest BCUT2D eigenvalue weighted by atomic mass is 10.2. The Bertz CT molecular complexity index is 782. The molecule has 0 unspecified atom stereocenters. The Kier molecular flexibility index (Phi) is 6.36. The number of carboxylic acid groups (broad SMARTS) is 1. The van der Waals surface area contributed by atoms with E-state index in [1.165, 1.54) is 18.4 Å². The lowest BCUT2D eigenvalue weighted by Crippen LogP contribution is -2.35. The highest BCUT2D eigenvalue weighted by molar-refractivity contribution is 6.30. The summed E-state index contributed by atoms with van der Waals surface area (Å²) in [6.07, 6.45) is 2.56. The van der Waals surface area contributed by atoms with Gasteiger partial charge in [-0.2, -0.15) is 0 Å². The van der Waals surface area contributed by atoms with Gasteiger partial charge in [0.25, 0.3) is 11.8 Å². The van der Waals surface area contributed by atoms with Gasteiger partial charge in [0.1, 0.15) is 5.70 Å². The molecule has 0 radical (unpaired) electrons. The van der Waals surface area contributed by atoms with Crippen molar-refractivity contribution in [3.05, 3.63) is 64.7 Å². The number of aliphatic carboxylic acids is 1. The molecule has 7 nitrogen and oxygen atoms in total. The van der Waals surface area contributed by atoms with Gasteiger partial charge in [0.15, 0.2) is 5.76 Å². The molecule has 0 bridgehead atoms.